The molecule has 32 heavy (non-hydrogen) atoms. The van der Waals surface area contributed by atoms with Crippen LogP contribution in [0.25, 0.3) is 11.1 Å². The number of carbonyl (C=O) groups is 1. The first kappa shape index (κ1) is 21.1. The van der Waals surface area contributed by atoms with E-state index in [1.165, 1.54) is 6.07 Å². The molecule has 3 fully saturated rings. The quantitative estimate of drug-likeness (QED) is 0.720. The van der Waals surface area contributed by atoms with Crippen molar-refractivity contribution < 1.29 is 27.4 Å². The summed E-state index contributed by atoms with van der Waals surface area (Å²) in [4.78, 5) is 15.0. The number of nitrogens with one attached hydrogen (secondary N) is 1. The molecule has 2 bridgehead atoms. The number of rotatable bonds is 3. The Labute approximate surface area is 184 Å². The summed E-state index contributed by atoms with van der Waals surface area (Å²) in [5.74, 6) is 1.04. The zero-order chi connectivity index (χ0) is 22.3. The van der Waals surface area contributed by atoms with Crippen LogP contribution in [0.5, 0.6) is 5.75 Å². The fourth-order valence-corrected chi connectivity index (χ4v) is 4.96. The number of amides is 1. The fraction of sp³-hybridized carbons (Fsp3) is 0.458. The van der Waals surface area contributed by atoms with Gasteiger partial charge in [-0.3, -0.25) is 4.90 Å². The molecule has 1 unspecified atom stereocenters. The Morgan fingerprint density at radius 1 is 1.06 bits per heavy atom. The van der Waals surface area contributed by atoms with Crippen molar-refractivity contribution in [3.8, 4) is 16.9 Å². The average molecular weight is 446 g/mol. The molecule has 5 nitrogen and oxygen atoms in total. The van der Waals surface area contributed by atoms with Crippen molar-refractivity contribution in [1.82, 2.24) is 10.2 Å². The summed E-state index contributed by atoms with van der Waals surface area (Å²) in [5.41, 5.74) is 1.15. The minimum Gasteiger partial charge on any atom is -0.493 e. The zero-order valence-corrected chi connectivity index (χ0v) is 17.5. The van der Waals surface area contributed by atoms with E-state index in [0.717, 1.165) is 50.2 Å². The minimum absolute atomic E-state index is 0.0896. The van der Waals surface area contributed by atoms with Gasteiger partial charge in [-0.2, -0.15) is 13.2 Å². The molecule has 8 heteroatoms. The van der Waals surface area contributed by atoms with Gasteiger partial charge in [-0.15, -0.1) is 0 Å². The van der Waals surface area contributed by atoms with E-state index >= 15 is 0 Å². The van der Waals surface area contributed by atoms with Crippen molar-refractivity contribution in [2.45, 2.75) is 37.6 Å². The summed E-state index contributed by atoms with van der Waals surface area (Å²) >= 11 is 0. The number of ether oxygens (including phenoxy) is 2. The number of carbonyl (C=O) groups excluding carboxylic acids is 1. The van der Waals surface area contributed by atoms with Crippen LogP contribution in [0, 0.1) is 5.92 Å². The second-order valence-corrected chi connectivity index (χ2v) is 8.75. The molecule has 0 aromatic heterocycles. The van der Waals surface area contributed by atoms with Crippen LogP contribution in [0.2, 0.25) is 0 Å². The number of hydrogen-bond acceptors (Lipinski definition) is 4. The molecular weight excluding hydrogens is 421 g/mol. The topological polar surface area (TPSA) is 50.8 Å². The maximum atomic E-state index is 13.1. The van der Waals surface area contributed by atoms with Crippen LogP contribution in [0.15, 0.2) is 42.5 Å². The van der Waals surface area contributed by atoms with E-state index in [0.29, 0.717) is 35.8 Å². The van der Waals surface area contributed by atoms with Gasteiger partial charge in [0.2, 0.25) is 0 Å². The molecule has 1 N–H and O–H groups in total. The van der Waals surface area contributed by atoms with E-state index < -0.39 is 17.8 Å². The Kier molecular flexibility index (Phi) is 5.49. The van der Waals surface area contributed by atoms with Crippen LogP contribution in [-0.2, 0) is 10.9 Å². The number of alkyl carbamates (subject to hydrolysis) is 1. The van der Waals surface area contributed by atoms with E-state index in [1.807, 2.05) is 0 Å². The lowest BCUT2D eigenvalue weighted by atomic mass is 9.86. The summed E-state index contributed by atoms with van der Waals surface area (Å²) < 4.78 is 50.8. The zero-order valence-electron chi connectivity index (χ0n) is 17.5. The van der Waals surface area contributed by atoms with Crippen LogP contribution in [-0.4, -0.2) is 43.3 Å². The second-order valence-electron chi connectivity index (χ2n) is 8.75. The number of halogens is 3. The third-order valence-corrected chi connectivity index (χ3v) is 6.72. The average Bonchev–Trinajstić information content (AvgIpc) is 2.79. The lowest BCUT2D eigenvalue weighted by molar-refractivity contribution is -0.137. The molecule has 0 radical (unpaired) electrons. The molecule has 2 aromatic carbocycles. The van der Waals surface area contributed by atoms with Gasteiger partial charge in [-0.25, -0.2) is 4.79 Å². The van der Waals surface area contributed by atoms with E-state index in [9.17, 15) is 18.0 Å². The molecule has 2 aromatic rings. The van der Waals surface area contributed by atoms with Crippen LogP contribution in [0.3, 0.4) is 0 Å². The maximum absolute atomic E-state index is 13.1. The van der Waals surface area contributed by atoms with Crippen molar-refractivity contribution in [3.05, 3.63) is 53.6 Å². The molecular formula is C24H25F3N2O3. The first-order valence-electron chi connectivity index (χ1n) is 11.0. The second kappa shape index (κ2) is 8.31. The van der Waals surface area contributed by atoms with Crippen molar-refractivity contribution >= 4 is 6.09 Å². The Morgan fingerprint density at radius 3 is 2.56 bits per heavy atom. The van der Waals surface area contributed by atoms with Gasteiger partial charge in [0.25, 0.3) is 0 Å². The lowest BCUT2D eigenvalue weighted by Gasteiger charge is -2.44. The highest BCUT2D eigenvalue weighted by Gasteiger charge is 2.37. The summed E-state index contributed by atoms with van der Waals surface area (Å²) in [6.07, 6.45) is -2.28. The van der Waals surface area contributed by atoms with Crippen molar-refractivity contribution in [1.29, 1.82) is 0 Å². The molecule has 4 aliphatic heterocycles. The molecule has 0 saturated carbocycles. The smallest absolute Gasteiger partial charge is 0.416 e. The molecule has 3 saturated heterocycles. The third kappa shape index (κ3) is 4.28. The van der Waals surface area contributed by atoms with Crippen LogP contribution in [0.4, 0.5) is 18.0 Å². The number of nitrogens with zero attached hydrogens (tertiary/aromatic N) is 1. The van der Waals surface area contributed by atoms with Gasteiger partial charge < -0.3 is 14.8 Å². The third-order valence-electron chi connectivity index (χ3n) is 6.72. The lowest BCUT2D eigenvalue weighted by Crippen LogP contribution is -2.52. The van der Waals surface area contributed by atoms with E-state index in [4.69, 9.17) is 9.47 Å². The fourth-order valence-electron chi connectivity index (χ4n) is 4.96. The highest BCUT2D eigenvalue weighted by atomic mass is 19.4. The van der Waals surface area contributed by atoms with Gasteiger partial charge >= 0.3 is 12.3 Å². The first-order valence-corrected chi connectivity index (χ1v) is 11.0. The van der Waals surface area contributed by atoms with E-state index in [-0.39, 0.29) is 12.1 Å². The van der Waals surface area contributed by atoms with Crippen LogP contribution in [0.1, 0.15) is 36.4 Å². The minimum atomic E-state index is -4.41. The largest absolute Gasteiger partial charge is 0.493 e. The highest BCUT2D eigenvalue weighted by molar-refractivity contribution is 5.70. The summed E-state index contributed by atoms with van der Waals surface area (Å²) in [6, 6.07) is 10.2. The molecule has 0 spiro atoms. The van der Waals surface area contributed by atoms with Gasteiger partial charge in [0.15, 0.2) is 0 Å². The number of fused-ring (bicyclic) bond motifs is 4. The van der Waals surface area contributed by atoms with Gasteiger partial charge in [0, 0.05) is 18.5 Å². The summed E-state index contributed by atoms with van der Waals surface area (Å²) in [5, 5.41) is 2.96. The summed E-state index contributed by atoms with van der Waals surface area (Å²) in [6.45, 7) is 3.36. The molecule has 4 heterocycles. The molecule has 2 atom stereocenters. The molecule has 170 valence electrons. The molecule has 4 aliphatic rings. The number of alkyl halides is 3. The predicted molar refractivity (Wildman–Crippen MR) is 112 cm³/mol. The molecule has 6 rings (SSSR count). The maximum Gasteiger partial charge on any atom is 0.416 e. The van der Waals surface area contributed by atoms with Gasteiger partial charge in [0.05, 0.1) is 18.2 Å². The van der Waals surface area contributed by atoms with Crippen molar-refractivity contribution in [3.63, 3.8) is 0 Å². The SMILES string of the molecule is O=C(NC1CCOc2ccc(-c3cccc(C(F)(F)F)c3)cc21)O[C@@H]1CN2CCC1CC2. The first-order chi connectivity index (χ1) is 15.4. The van der Waals surface area contributed by atoms with Gasteiger partial charge in [0.1, 0.15) is 11.9 Å². The monoisotopic (exact) mass is 446 g/mol. The Morgan fingerprint density at radius 2 is 1.84 bits per heavy atom. The normalized spacial score (nSPS) is 26.7. The van der Waals surface area contributed by atoms with E-state index in [1.54, 1.807) is 24.3 Å². The van der Waals surface area contributed by atoms with Crippen molar-refractivity contribution in [2.75, 3.05) is 26.2 Å². The standard InChI is InChI=1S/C24H25F3N2O3/c25-24(26,27)18-3-1-2-16(12-18)17-4-5-21-19(13-17)20(8-11-31-21)28-23(30)32-22-14-29-9-6-15(22)7-10-29/h1-5,12-13,15,20,22H,6-11,14H2,(H,28,30)/t20?,22-/m1/s1. The Hall–Kier alpha value is -2.74. The number of piperidine rings is 3. The number of benzene rings is 2. The van der Waals surface area contributed by atoms with Gasteiger partial charge in [-0.05, 0) is 67.2 Å². The molecule has 0 aliphatic carbocycles. The van der Waals surface area contributed by atoms with Crippen molar-refractivity contribution in [2.24, 2.45) is 5.92 Å². The van der Waals surface area contributed by atoms with Gasteiger partial charge in [-0.1, -0.05) is 18.2 Å². The Balaban J connectivity index is 1.33. The Bertz CT molecular complexity index is 1000. The van der Waals surface area contributed by atoms with Crippen LogP contribution < -0.4 is 10.1 Å². The highest BCUT2D eigenvalue weighted by Crippen LogP contribution is 2.37. The van der Waals surface area contributed by atoms with E-state index in [2.05, 4.69) is 10.2 Å². The number of hydrogen-bond donors (Lipinski definition) is 1. The predicted octanol–water partition coefficient (Wildman–Crippen LogP) is 5.02. The summed E-state index contributed by atoms with van der Waals surface area (Å²) in [7, 11) is 0. The molecule has 1 amide bonds. The van der Waals surface area contributed by atoms with Crippen LogP contribution >= 0.6 is 0 Å².